The highest BCUT2D eigenvalue weighted by Gasteiger charge is 2.47. The summed E-state index contributed by atoms with van der Waals surface area (Å²) in [7, 11) is 0. The number of amides is 1. The fraction of sp³-hybridized carbons (Fsp3) is 0.273. The molecule has 5 nitrogen and oxygen atoms in total. The average Bonchev–Trinajstić information content (AvgIpc) is 3.31. The molecule has 2 aliphatic rings. The first-order valence-electron chi connectivity index (χ1n) is 9.37. The van der Waals surface area contributed by atoms with Crippen molar-refractivity contribution in [2.75, 3.05) is 13.2 Å². The van der Waals surface area contributed by atoms with Crippen molar-refractivity contribution in [3.05, 3.63) is 76.1 Å². The van der Waals surface area contributed by atoms with Gasteiger partial charge in [0.05, 0.1) is 17.7 Å². The maximum atomic E-state index is 13.5. The summed E-state index contributed by atoms with van der Waals surface area (Å²) in [6.45, 7) is 0.838. The molecule has 0 unspecified atom stereocenters. The molecule has 0 radical (unpaired) electrons. The van der Waals surface area contributed by atoms with Crippen LogP contribution in [0.1, 0.15) is 30.0 Å². The van der Waals surface area contributed by atoms with Crippen LogP contribution in [0.3, 0.4) is 0 Å². The lowest BCUT2D eigenvalue weighted by Gasteiger charge is -2.27. The maximum Gasteiger partial charge on any atom is 0.295 e. The molecular weight excluding hydrogens is 397 g/mol. The lowest BCUT2D eigenvalue weighted by atomic mass is 9.95. The zero-order chi connectivity index (χ0) is 20.5. The summed E-state index contributed by atoms with van der Waals surface area (Å²) in [4.78, 5) is 27.1. The molecule has 1 amide bonds. The van der Waals surface area contributed by atoms with Gasteiger partial charge in [-0.1, -0.05) is 23.7 Å². The molecule has 2 aliphatic heterocycles. The summed E-state index contributed by atoms with van der Waals surface area (Å²) in [5.41, 5.74) is 0.887. The highest BCUT2D eigenvalue weighted by atomic mass is 35.5. The van der Waals surface area contributed by atoms with Crippen LogP contribution in [0.2, 0.25) is 5.02 Å². The summed E-state index contributed by atoms with van der Waals surface area (Å²) in [5.74, 6) is -2.19. The Morgan fingerprint density at radius 2 is 1.83 bits per heavy atom. The average molecular weight is 416 g/mol. The number of rotatable bonds is 4. The molecule has 29 heavy (non-hydrogen) atoms. The first-order chi connectivity index (χ1) is 14.0. The van der Waals surface area contributed by atoms with E-state index in [0.717, 1.165) is 12.8 Å². The van der Waals surface area contributed by atoms with Crippen molar-refractivity contribution >= 4 is 29.1 Å². The zero-order valence-corrected chi connectivity index (χ0v) is 16.2. The van der Waals surface area contributed by atoms with Gasteiger partial charge in [-0.05, 0) is 54.8 Å². The lowest BCUT2D eigenvalue weighted by Crippen LogP contribution is -2.36. The van der Waals surface area contributed by atoms with Crippen LogP contribution in [0.4, 0.5) is 4.39 Å². The molecule has 2 aromatic carbocycles. The second-order valence-corrected chi connectivity index (χ2v) is 7.58. The van der Waals surface area contributed by atoms with Gasteiger partial charge in [0.15, 0.2) is 0 Å². The highest BCUT2D eigenvalue weighted by molar-refractivity contribution is 6.46. The third kappa shape index (κ3) is 3.78. The normalized spacial score (nSPS) is 23.7. The predicted molar refractivity (Wildman–Crippen MR) is 106 cm³/mol. The number of halogens is 2. The number of carbonyl (C=O) groups is 2. The SMILES string of the molecule is O=C1C(=O)N(C[C@@H]2CCCO2)[C@@H](c2ccc(F)cc2)/C1=C(\O)c1ccc(Cl)cc1. The summed E-state index contributed by atoms with van der Waals surface area (Å²) in [6, 6.07) is 11.1. The van der Waals surface area contributed by atoms with Gasteiger partial charge in [0.25, 0.3) is 11.7 Å². The van der Waals surface area contributed by atoms with Crippen LogP contribution in [-0.4, -0.2) is 41.0 Å². The van der Waals surface area contributed by atoms with Gasteiger partial charge in [-0.15, -0.1) is 0 Å². The molecular formula is C22H19ClFNO4. The van der Waals surface area contributed by atoms with Crippen molar-refractivity contribution in [3.8, 4) is 0 Å². The summed E-state index contributed by atoms with van der Waals surface area (Å²) < 4.78 is 19.1. The fourth-order valence-electron chi connectivity index (χ4n) is 3.83. The molecule has 2 saturated heterocycles. The quantitative estimate of drug-likeness (QED) is 0.464. The number of aliphatic hydroxyl groups is 1. The van der Waals surface area contributed by atoms with Crippen LogP contribution in [-0.2, 0) is 14.3 Å². The Morgan fingerprint density at radius 3 is 2.45 bits per heavy atom. The van der Waals surface area contributed by atoms with E-state index in [-0.39, 0.29) is 24.0 Å². The second-order valence-electron chi connectivity index (χ2n) is 7.14. The number of ketones is 1. The number of benzene rings is 2. The van der Waals surface area contributed by atoms with E-state index >= 15 is 0 Å². The van der Waals surface area contributed by atoms with E-state index in [0.29, 0.717) is 22.8 Å². The third-order valence-electron chi connectivity index (χ3n) is 5.27. The Kier molecular flexibility index (Phi) is 5.39. The van der Waals surface area contributed by atoms with Crippen molar-refractivity contribution in [3.63, 3.8) is 0 Å². The number of hydrogen-bond donors (Lipinski definition) is 1. The van der Waals surface area contributed by atoms with Crippen molar-refractivity contribution < 1.29 is 23.8 Å². The number of carbonyl (C=O) groups excluding carboxylic acids is 2. The Morgan fingerprint density at radius 1 is 1.14 bits per heavy atom. The van der Waals surface area contributed by atoms with Crippen LogP contribution in [0.5, 0.6) is 0 Å². The van der Waals surface area contributed by atoms with E-state index in [4.69, 9.17) is 16.3 Å². The van der Waals surface area contributed by atoms with Gasteiger partial charge in [0, 0.05) is 23.7 Å². The number of hydrogen-bond acceptors (Lipinski definition) is 4. The van der Waals surface area contributed by atoms with Crippen LogP contribution in [0.25, 0.3) is 5.76 Å². The molecule has 7 heteroatoms. The highest BCUT2D eigenvalue weighted by Crippen LogP contribution is 2.40. The number of ether oxygens (including phenoxy) is 1. The molecule has 0 bridgehead atoms. The first kappa shape index (κ1) is 19.6. The van der Waals surface area contributed by atoms with Crippen molar-refractivity contribution in [2.45, 2.75) is 25.0 Å². The molecule has 1 N–H and O–H groups in total. The number of likely N-dealkylation sites (tertiary alicyclic amines) is 1. The van der Waals surface area contributed by atoms with Crippen molar-refractivity contribution in [1.29, 1.82) is 0 Å². The molecule has 2 atom stereocenters. The van der Waals surface area contributed by atoms with Crippen LogP contribution in [0.15, 0.2) is 54.1 Å². The molecule has 2 fully saturated rings. The standard InChI is InChI=1S/C22H19ClFNO4/c23-15-7-3-14(4-8-15)20(26)18-19(13-5-9-16(24)10-6-13)25(22(28)21(18)27)12-17-2-1-11-29-17/h3-10,17,19,26H,1-2,11-12H2/b20-18+/t17-,19-/m0/s1. The van der Waals surface area contributed by atoms with Crippen LogP contribution >= 0.6 is 11.6 Å². The van der Waals surface area contributed by atoms with Gasteiger partial charge in [-0.25, -0.2) is 4.39 Å². The number of nitrogens with zero attached hydrogens (tertiary/aromatic N) is 1. The Labute approximate surface area is 172 Å². The summed E-state index contributed by atoms with van der Waals surface area (Å²) >= 11 is 5.91. The number of Topliss-reactive ketones (excluding diaryl/α,β-unsaturated/α-hetero) is 1. The van der Waals surface area contributed by atoms with E-state index < -0.39 is 23.5 Å². The molecule has 150 valence electrons. The maximum absolute atomic E-state index is 13.5. The van der Waals surface area contributed by atoms with Gasteiger partial charge in [-0.2, -0.15) is 0 Å². The third-order valence-corrected chi connectivity index (χ3v) is 5.52. The smallest absolute Gasteiger partial charge is 0.295 e. The van der Waals surface area contributed by atoms with E-state index in [1.807, 2.05) is 0 Å². The van der Waals surface area contributed by atoms with E-state index in [2.05, 4.69) is 0 Å². The minimum atomic E-state index is -0.824. The van der Waals surface area contributed by atoms with Gasteiger partial charge in [0.1, 0.15) is 11.6 Å². The summed E-state index contributed by atoms with van der Waals surface area (Å²) in [6.07, 6.45) is 1.50. The van der Waals surface area contributed by atoms with E-state index in [9.17, 15) is 19.1 Å². The van der Waals surface area contributed by atoms with Gasteiger partial charge in [-0.3, -0.25) is 9.59 Å². The van der Waals surface area contributed by atoms with Crippen molar-refractivity contribution in [2.24, 2.45) is 0 Å². The largest absolute Gasteiger partial charge is 0.507 e. The van der Waals surface area contributed by atoms with E-state index in [1.165, 1.54) is 29.2 Å². The molecule has 2 aromatic rings. The minimum absolute atomic E-state index is 0.0260. The lowest BCUT2D eigenvalue weighted by molar-refractivity contribution is -0.140. The van der Waals surface area contributed by atoms with Gasteiger partial charge in [0.2, 0.25) is 0 Å². The van der Waals surface area contributed by atoms with Gasteiger partial charge >= 0.3 is 0 Å². The molecule has 4 rings (SSSR count). The van der Waals surface area contributed by atoms with Crippen LogP contribution in [0, 0.1) is 5.82 Å². The fourth-order valence-corrected chi connectivity index (χ4v) is 3.96. The molecule has 0 spiro atoms. The van der Waals surface area contributed by atoms with E-state index in [1.54, 1.807) is 24.3 Å². The molecule has 0 aliphatic carbocycles. The zero-order valence-electron chi connectivity index (χ0n) is 15.5. The summed E-state index contributed by atoms with van der Waals surface area (Å²) in [5, 5.41) is 11.4. The number of aliphatic hydroxyl groups excluding tert-OH is 1. The Hall–Kier alpha value is -2.70. The Balaban J connectivity index is 1.81. The first-order valence-corrected chi connectivity index (χ1v) is 9.75. The Bertz CT molecular complexity index is 965. The second kappa shape index (κ2) is 7.97. The molecule has 0 aromatic heterocycles. The predicted octanol–water partition coefficient (Wildman–Crippen LogP) is 4.08. The molecule has 0 saturated carbocycles. The molecule has 2 heterocycles. The van der Waals surface area contributed by atoms with Crippen LogP contribution < -0.4 is 0 Å². The monoisotopic (exact) mass is 415 g/mol. The van der Waals surface area contributed by atoms with Crippen molar-refractivity contribution in [1.82, 2.24) is 4.90 Å². The topological polar surface area (TPSA) is 66.8 Å². The minimum Gasteiger partial charge on any atom is -0.507 e. The van der Waals surface area contributed by atoms with Gasteiger partial charge < -0.3 is 14.7 Å².